The minimum Gasteiger partial charge on any atom is -0.351 e. The van der Waals surface area contributed by atoms with Crippen molar-refractivity contribution in [2.45, 2.75) is 24.3 Å². The maximum absolute atomic E-state index is 12.9. The predicted molar refractivity (Wildman–Crippen MR) is 124 cm³/mol. The number of nitrogens with one attached hydrogen (secondary N) is 1. The van der Waals surface area contributed by atoms with E-state index in [0.29, 0.717) is 6.42 Å². The van der Waals surface area contributed by atoms with Crippen LogP contribution in [0, 0.1) is 0 Å². The predicted octanol–water partition coefficient (Wildman–Crippen LogP) is 2.90. The normalized spacial score (nSPS) is 14.3. The Bertz CT molecular complexity index is 1260. The molecule has 1 saturated heterocycles. The first kappa shape index (κ1) is 22.0. The fourth-order valence-electron chi connectivity index (χ4n) is 3.77. The lowest BCUT2D eigenvalue weighted by Crippen LogP contribution is -2.38. The Balaban J connectivity index is 1.35. The molecule has 0 radical (unpaired) electrons. The van der Waals surface area contributed by atoms with Crippen LogP contribution in [0.4, 0.5) is 5.69 Å². The van der Waals surface area contributed by atoms with Gasteiger partial charge in [0.25, 0.3) is 0 Å². The minimum absolute atomic E-state index is 0.127. The highest BCUT2D eigenvalue weighted by Crippen LogP contribution is 2.22. The van der Waals surface area contributed by atoms with Gasteiger partial charge in [0.15, 0.2) is 0 Å². The highest BCUT2D eigenvalue weighted by molar-refractivity contribution is 7.89. The summed E-state index contributed by atoms with van der Waals surface area (Å²) in [7, 11) is -2.40. The van der Waals surface area contributed by atoms with Gasteiger partial charge < -0.3 is 10.2 Å². The van der Waals surface area contributed by atoms with Crippen LogP contribution in [-0.2, 0) is 26.2 Å². The summed E-state index contributed by atoms with van der Waals surface area (Å²) in [5.74, 6) is -0.266. The number of hydrogen-bond donors (Lipinski definition) is 1. The molecule has 32 heavy (non-hydrogen) atoms. The van der Waals surface area contributed by atoms with Gasteiger partial charge in [0.2, 0.25) is 21.8 Å². The Kier molecular flexibility index (Phi) is 6.25. The molecule has 0 aromatic heterocycles. The number of hydrogen-bond acceptors (Lipinski definition) is 4. The lowest BCUT2D eigenvalue weighted by Gasteiger charge is -2.18. The molecule has 0 unspecified atom stereocenters. The average molecular weight is 452 g/mol. The molecule has 4 rings (SSSR count). The van der Waals surface area contributed by atoms with Gasteiger partial charge in [-0.1, -0.05) is 42.5 Å². The number of anilines is 1. The number of fused-ring (bicyclic) bond motifs is 1. The first-order valence-electron chi connectivity index (χ1n) is 10.5. The fraction of sp³-hybridized carbons (Fsp3) is 0.250. The number of amides is 2. The van der Waals surface area contributed by atoms with E-state index in [1.807, 2.05) is 48.5 Å². The van der Waals surface area contributed by atoms with Crippen LogP contribution in [0.1, 0.15) is 18.4 Å². The summed E-state index contributed by atoms with van der Waals surface area (Å²) >= 11 is 0. The number of carbonyl (C=O) groups is 2. The van der Waals surface area contributed by atoms with Crippen LogP contribution in [0.25, 0.3) is 10.8 Å². The number of benzene rings is 3. The van der Waals surface area contributed by atoms with E-state index in [2.05, 4.69) is 5.32 Å². The summed E-state index contributed by atoms with van der Waals surface area (Å²) < 4.78 is 26.8. The summed E-state index contributed by atoms with van der Waals surface area (Å²) in [6.45, 7) is 0.722. The molecule has 1 fully saturated rings. The molecule has 7 nitrogen and oxygen atoms in total. The number of sulfonamides is 1. The molecule has 0 saturated carbocycles. The van der Waals surface area contributed by atoms with Gasteiger partial charge in [0, 0.05) is 32.2 Å². The van der Waals surface area contributed by atoms with Gasteiger partial charge in [-0.25, -0.2) is 8.42 Å². The highest BCUT2D eigenvalue weighted by atomic mass is 32.2. The van der Waals surface area contributed by atoms with E-state index in [9.17, 15) is 18.0 Å². The second kappa shape index (κ2) is 9.10. The SMILES string of the molecule is CN(CC(=O)NCc1ccc(N2CCCC2=O)cc1)S(=O)(=O)c1ccc2ccccc2c1. The zero-order valence-corrected chi connectivity index (χ0v) is 18.6. The molecular weight excluding hydrogens is 426 g/mol. The van der Waals surface area contributed by atoms with Crippen molar-refractivity contribution >= 4 is 38.3 Å². The molecule has 3 aromatic rings. The molecule has 0 spiro atoms. The van der Waals surface area contributed by atoms with Gasteiger partial charge in [0.1, 0.15) is 0 Å². The molecule has 0 atom stereocenters. The van der Waals surface area contributed by atoms with Crippen LogP contribution in [0.15, 0.2) is 71.6 Å². The molecule has 1 N–H and O–H groups in total. The number of nitrogens with zero attached hydrogens (tertiary/aromatic N) is 2. The third kappa shape index (κ3) is 4.66. The summed E-state index contributed by atoms with van der Waals surface area (Å²) in [6.07, 6.45) is 1.44. The Labute approximate surface area is 187 Å². The Morgan fingerprint density at radius 1 is 1.03 bits per heavy atom. The molecule has 1 aliphatic rings. The lowest BCUT2D eigenvalue weighted by atomic mass is 10.1. The van der Waals surface area contributed by atoms with Crippen LogP contribution < -0.4 is 10.2 Å². The Hall–Kier alpha value is -3.23. The van der Waals surface area contributed by atoms with Crippen molar-refractivity contribution in [2.24, 2.45) is 0 Å². The van der Waals surface area contributed by atoms with Gasteiger partial charge in [0.05, 0.1) is 11.4 Å². The lowest BCUT2D eigenvalue weighted by molar-refractivity contribution is -0.121. The van der Waals surface area contributed by atoms with Crippen molar-refractivity contribution in [1.29, 1.82) is 0 Å². The summed E-state index contributed by atoms with van der Waals surface area (Å²) in [6, 6.07) is 19.9. The maximum atomic E-state index is 12.9. The fourth-order valence-corrected chi connectivity index (χ4v) is 4.93. The number of likely N-dealkylation sites (N-methyl/N-ethyl adjacent to an activating group) is 1. The second-order valence-electron chi connectivity index (χ2n) is 7.86. The summed E-state index contributed by atoms with van der Waals surface area (Å²) in [5.41, 5.74) is 1.72. The Morgan fingerprint density at radius 2 is 1.75 bits per heavy atom. The summed E-state index contributed by atoms with van der Waals surface area (Å²) in [4.78, 5) is 26.1. The van der Waals surface area contributed by atoms with Crippen molar-refractivity contribution in [1.82, 2.24) is 9.62 Å². The van der Waals surface area contributed by atoms with Gasteiger partial charge in [-0.05, 0) is 47.0 Å². The standard InChI is InChI=1S/C24H25N3O4S/c1-26(32(30,31)22-13-10-19-5-2-3-6-20(19)15-22)17-23(28)25-16-18-8-11-21(12-9-18)27-14-4-7-24(27)29/h2-3,5-6,8-13,15H,4,7,14,16-17H2,1H3,(H,25,28). The molecule has 1 aliphatic heterocycles. The van der Waals surface area contributed by atoms with Crippen molar-refractivity contribution in [3.05, 3.63) is 72.3 Å². The zero-order valence-electron chi connectivity index (χ0n) is 17.8. The third-order valence-corrected chi connectivity index (χ3v) is 7.41. The van der Waals surface area contributed by atoms with Crippen molar-refractivity contribution in [3.8, 4) is 0 Å². The third-order valence-electron chi connectivity index (χ3n) is 5.61. The largest absolute Gasteiger partial charge is 0.351 e. The van der Waals surface area contributed by atoms with Crippen molar-refractivity contribution < 1.29 is 18.0 Å². The maximum Gasteiger partial charge on any atom is 0.243 e. The smallest absolute Gasteiger partial charge is 0.243 e. The molecule has 3 aromatic carbocycles. The second-order valence-corrected chi connectivity index (χ2v) is 9.91. The van der Waals surface area contributed by atoms with E-state index in [0.717, 1.165) is 39.3 Å². The molecule has 1 heterocycles. The van der Waals surface area contributed by atoms with Crippen LogP contribution in [-0.4, -0.2) is 44.7 Å². The molecule has 0 bridgehead atoms. The van der Waals surface area contributed by atoms with Gasteiger partial charge in [-0.2, -0.15) is 4.31 Å². The monoisotopic (exact) mass is 451 g/mol. The van der Waals surface area contributed by atoms with Crippen LogP contribution in [0.3, 0.4) is 0 Å². The van der Waals surface area contributed by atoms with Crippen LogP contribution in [0.2, 0.25) is 0 Å². The first-order chi connectivity index (χ1) is 15.3. The highest BCUT2D eigenvalue weighted by Gasteiger charge is 2.23. The van der Waals surface area contributed by atoms with E-state index in [1.165, 1.54) is 7.05 Å². The molecule has 166 valence electrons. The van der Waals surface area contributed by atoms with E-state index in [-0.39, 0.29) is 23.9 Å². The minimum atomic E-state index is -3.79. The van der Waals surface area contributed by atoms with Gasteiger partial charge in [-0.15, -0.1) is 0 Å². The van der Waals surface area contributed by atoms with E-state index < -0.39 is 15.9 Å². The van der Waals surface area contributed by atoms with Crippen molar-refractivity contribution in [2.75, 3.05) is 25.0 Å². The number of carbonyl (C=O) groups excluding carboxylic acids is 2. The molecule has 8 heteroatoms. The molecular formula is C24H25N3O4S. The zero-order chi connectivity index (χ0) is 22.7. The quantitative estimate of drug-likeness (QED) is 0.598. The van der Waals surface area contributed by atoms with E-state index in [1.54, 1.807) is 23.1 Å². The summed E-state index contributed by atoms with van der Waals surface area (Å²) in [5, 5.41) is 4.53. The van der Waals surface area contributed by atoms with Crippen molar-refractivity contribution in [3.63, 3.8) is 0 Å². The first-order valence-corrected chi connectivity index (χ1v) is 11.9. The molecule has 2 amide bonds. The van der Waals surface area contributed by atoms with E-state index in [4.69, 9.17) is 0 Å². The van der Waals surface area contributed by atoms with Gasteiger partial charge in [-0.3, -0.25) is 9.59 Å². The average Bonchev–Trinajstić information content (AvgIpc) is 3.23. The van der Waals surface area contributed by atoms with E-state index >= 15 is 0 Å². The molecule has 0 aliphatic carbocycles. The topological polar surface area (TPSA) is 86.8 Å². The Morgan fingerprint density at radius 3 is 2.44 bits per heavy atom. The van der Waals surface area contributed by atoms with Gasteiger partial charge >= 0.3 is 0 Å². The number of rotatable bonds is 7. The van der Waals surface area contributed by atoms with Crippen LogP contribution >= 0.6 is 0 Å². The van der Waals surface area contributed by atoms with Crippen LogP contribution in [0.5, 0.6) is 0 Å².